The third kappa shape index (κ3) is 9.90. The number of hydrogen-bond acceptors (Lipinski definition) is 5. The minimum Gasteiger partial charge on any atom is -0.493 e. The first-order chi connectivity index (χ1) is 15.5. The number of aryl methyl sites for hydroxylation is 1. The number of nitrogens with one attached hydrogen (secondary N) is 2. The Bertz CT molecular complexity index is 825. The van der Waals surface area contributed by atoms with Crippen LogP contribution in [0.1, 0.15) is 52.0 Å². The summed E-state index contributed by atoms with van der Waals surface area (Å²) in [5, 5.41) is 6.11. The molecule has 1 saturated heterocycles. The lowest BCUT2D eigenvalue weighted by atomic mass is 9.96. The molecule has 1 atom stereocenters. The number of likely N-dealkylation sites (tertiary alicyclic amines) is 1. The first kappa shape index (κ1) is 26.8. The lowest BCUT2D eigenvalue weighted by Crippen LogP contribution is -2.46. The summed E-state index contributed by atoms with van der Waals surface area (Å²) in [5.41, 5.74) is 0.395. The summed E-state index contributed by atoms with van der Waals surface area (Å²) in [6, 6.07) is 5.45. The van der Waals surface area contributed by atoms with Crippen molar-refractivity contribution in [3.63, 3.8) is 0 Å². The van der Waals surface area contributed by atoms with E-state index in [1.165, 1.54) is 0 Å². The Balaban J connectivity index is 1.66. The van der Waals surface area contributed by atoms with Crippen LogP contribution in [0.5, 0.6) is 5.75 Å². The molecule has 0 saturated carbocycles. The Kier molecular flexibility index (Phi) is 10.3. The molecule has 1 heterocycles. The van der Waals surface area contributed by atoms with Gasteiger partial charge in [0.1, 0.15) is 11.4 Å². The van der Waals surface area contributed by atoms with E-state index in [1.807, 2.05) is 19.1 Å². The fourth-order valence-electron chi connectivity index (χ4n) is 3.56. The van der Waals surface area contributed by atoms with Gasteiger partial charge in [0.2, 0.25) is 11.8 Å². The molecular weight excluding hydrogens is 446 g/mol. The molecule has 0 bridgehead atoms. The van der Waals surface area contributed by atoms with Crippen molar-refractivity contribution in [2.75, 3.05) is 32.8 Å². The number of alkyl carbamates (subject to hydrolysis) is 1. The molecule has 8 nitrogen and oxygen atoms in total. The standard InChI is InChI=1S/C24H36ClN3O5/c1-17-15-19(25)9-10-20(17)32-14-6-8-21(29)28-13-5-7-18(16-28)22(30)26-11-12-27-23(31)33-24(2,3)4/h9-10,15,18H,5-8,11-14,16H2,1-4H3,(H,26,30)(H,27,31). The van der Waals surface area contributed by atoms with Crippen LogP contribution in [0.25, 0.3) is 0 Å². The van der Waals surface area contributed by atoms with Gasteiger partial charge in [-0.2, -0.15) is 0 Å². The first-order valence-electron chi connectivity index (χ1n) is 11.5. The van der Waals surface area contributed by atoms with Crippen LogP contribution in [0.4, 0.5) is 4.79 Å². The summed E-state index contributed by atoms with van der Waals surface area (Å²) in [5.74, 6) is 0.468. The Morgan fingerprint density at radius 2 is 1.91 bits per heavy atom. The van der Waals surface area contributed by atoms with Crippen LogP contribution < -0.4 is 15.4 Å². The maximum atomic E-state index is 12.6. The van der Waals surface area contributed by atoms with Crippen molar-refractivity contribution in [1.29, 1.82) is 0 Å². The number of nitrogens with zero attached hydrogens (tertiary/aromatic N) is 1. The van der Waals surface area contributed by atoms with Gasteiger partial charge in [-0.05, 0) is 70.7 Å². The molecule has 1 aliphatic rings. The molecule has 9 heteroatoms. The van der Waals surface area contributed by atoms with E-state index in [4.69, 9.17) is 21.1 Å². The van der Waals surface area contributed by atoms with Gasteiger partial charge in [0, 0.05) is 37.6 Å². The van der Waals surface area contributed by atoms with E-state index >= 15 is 0 Å². The summed E-state index contributed by atoms with van der Waals surface area (Å²) in [7, 11) is 0. The normalized spacial score (nSPS) is 16.2. The number of carbonyl (C=O) groups is 3. The average molecular weight is 482 g/mol. The predicted molar refractivity (Wildman–Crippen MR) is 127 cm³/mol. The van der Waals surface area contributed by atoms with Crippen LogP contribution in [-0.2, 0) is 14.3 Å². The molecule has 0 aliphatic carbocycles. The smallest absolute Gasteiger partial charge is 0.407 e. The van der Waals surface area contributed by atoms with Gasteiger partial charge in [0.25, 0.3) is 0 Å². The molecule has 2 rings (SSSR count). The Hall–Kier alpha value is -2.48. The number of hydrogen-bond donors (Lipinski definition) is 2. The first-order valence-corrected chi connectivity index (χ1v) is 11.8. The Morgan fingerprint density at radius 3 is 2.61 bits per heavy atom. The monoisotopic (exact) mass is 481 g/mol. The van der Waals surface area contributed by atoms with E-state index in [0.717, 1.165) is 24.2 Å². The van der Waals surface area contributed by atoms with E-state index in [2.05, 4.69) is 10.6 Å². The fraction of sp³-hybridized carbons (Fsp3) is 0.625. The summed E-state index contributed by atoms with van der Waals surface area (Å²) in [6.45, 7) is 9.41. The van der Waals surface area contributed by atoms with Crippen LogP contribution in [0.15, 0.2) is 18.2 Å². The minimum atomic E-state index is -0.563. The molecule has 1 unspecified atom stereocenters. The third-order valence-corrected chi connectivity index (χ3v) is 5.40. The van der Waals surface area contributed by atoms with E-state index in [-0.39, 0.29) is 24.3 Å². The van der Waals surface area contributed by atoms with Crippen molar-refractivity contribution >= 4 is 29.5 Å². The van der Waals surface area contributed by atoms with Crippen LogP contribution in [0.3, 0.4) is 0 Å². The molecule has 1 fully saturated rings. The number of halogens is 1. The highest BCUT2D eigenvalue weighted by Crippen LogP contribution is 2.22. The van der Waals surface area contributed by atoms with Crippen molar-refractivity contribution in [2.45, 2.75) is 59.0 Å². The topological polar surface area (TPSA) is 97.0 Å². The third-order valence-electron chi connectivity index (χ3n) is 5.17. The second kappa shape index (κ2) is 12.7. The molecule has 1 aromatic rings. The zero-order chi connectivity index (χ0) is 24.4. The number of rotatable bonds is 9. The van der Waals surface area contributed by atoms with Gasteiger partial charge < -0.3 is 25.0 Å². The highest BCUT2D eigenvalue weighted by molar-refractivity contribution is 6.30. The summed E-state index contributed by atoms with van der Waals surface area (Å²) in [6.07, 6.45) is 2.00. The number of benzene rings is 1. The van der Waals surface area contributed by atoms with E-state index < -0.39 is 11.7 Å². The number of carbonyl (C=O) groups excluding carboxylic acids is 3. The van der Waals surface area contributed by atoms with Crippen LogP contribution >= 0.6 is 11.6 Å². The fourth-order valence-corrected chi connectivity index (χ4v) is 3.79. The SMILES string of the molecule is Cc1cc(Cl)ccc1OCCCC(=O)N1CCCC(C(=O)NCCNC(=O)OC(C)(C)C)C1. The van der Waals surface area contributed by atoms with Crippen molar-refractivity contribution in [1.82, 2.24) is 15.5 Å². The highest BCUT2D eigenvalue weighted by atomic mass is 35.5. The molecule has 1 aromatic carbocycles. The summed E-state index contributed by atoms with van der Waals surface area (Å²) < 4.78 is 10.9. The molecule has 0 aromatic heterocycles. The average Bonchev–Trinajstić information content (AvgIpc) is 2.74. The zero-order valence-corrected chi connectivity index (χ0v) is 20.8. The second-order valence-corrected chi connectivity index (χ2v) is 9.70. The summed E-state index contributed by atoms with van der Waals surface area (Å²) in [4.78, 5) is 38.5. The Morgan fingerprint density at radius 1 is 1.18 bits per heavy atom. The van der Waals surface area contributed by atoms with Crippen molar-refractivity contribution in [3.05, 3.63) is 28.8 Å². The maximum absolute atomic E-state index is 12.6. The van der Waals surface area contributed by atoms with Gasteiger partial charge >= 0.3 is 6.09 Å². The molecule has 33 heavy (non-hydrogen) atoms. The van der Waals surface area contributed by atoms with Crippen LogP contribution in [0.2, 0.25) is 5.02 Å². The van der Waals surface area contributed by atoms with Gasteiger partial charge in [-0.15, -0.1) is 0 Å². The lowest BCUT2D eigenvalue weighted by molar-refractivity contribution is -0.135. The van der Waals surface area contributed by atoms with E-state index in [0.29, 0.717) is 44.1 Å². The quantitative estimate of drug-likeness (QED) is 0.524. The Labute approximate surface area is 201 Å². The highest BCUT2D eigenvalue weighted by Gasteiger charge is 2.28. The number of piperidine rings is 1. The predicted octanol–water partition coefficient (Wildman–Crippen LogP) is 3.69. The molecule has 0 radical (unpaired) electrons. The van der Waals surface area contributed by atoms with Crippen molar-refractivity contribution < 1.29 is 23.9 Å². The van der Waals surface area contributed by atoms with Crippen molar-refractivity contribution in [2.24, 2.45) is 5.92 Å². The van der Waals surface area contributed by atoms with Gasteiger partial charge in [-0.3, -0.25) is 9.59 Å². The van der Waals surface area contributed by atoms with E-state index in [9.17, 15) is 14.4 Å². The molecular formula is C24H36ClN3O5. The number of ether oxygens (including phenoxy) is 2. The molecule has 3 amide bonds. The molecule has 2 N–H and O–H groups in total. The molecule has 1 aliphatic heterocycles. The van der Waals surface area contributed by atoms with E-state index in [1.54, 1.807) is 31.7 Å². The van der Waals surface area contributed by atoms with Gasteiger partial charge in [-0.25, -0.2) is 4.79 Å². The van der Waals surface area contributed by atoms with Gasteiger partial charge in [0.05, 0.1) is 12.5 Å². The van der Waals surface area contributed by atoms with Crippen LogP contribution in [-0.4, -0.2) is 61.2 Å². The van der Waals surface area contributed by atoms with Crippen molar-refractivity contribution in [3.8, 4) is 5.75 Å². The summed E-state index contributed by atoms with van der Waals surface area (Å²) >= 11 is 5.95. The zero-order valence-electron chi connectivity index (χ0n) is 20.0. The molecule has 0 spiro atoms. The largest absolute Gasteiger partial charge is 0.493 e. The molecule has 184 valence electrons. The lowest BCUT2D eigenvalue weighted by Gasteiger charge is -2.32. The van der Waals surface area contributed by atoms with Gasteiger partial charge in [0.15, 0.2) is 0 Å². The van der Waals surface area contributed by atoms with Crippen LogP contribution in [0, 0.1) is 12.8 Å². The van der Waals surface area contributed by atoms with Gasteiger partial charge in [-0.1, -0.05) is 11.6 Å². The minimum absolute atomic E-state index is 0.0375. The second-order valence-electron chi connectivity index (χ2n) is 9.26. The number of amides is 3. The maximum Gasteiger partial charge on any atom is 0.407 e.